The van der Waals surface area contributed by atoms with Crippen molar-refractivity contribution in [2.24, 2.45) is 0 Å². The van der Waals surface area contributed by atoms with Gasteiger partial charge in [-0.25, -0.2) is 4.98 Å². The van der Waals surface area contributed by atoms with Crippen molar-refractivity contribution in [3.8, 4) is 0 Å². The number of nitrogens with one attached hydrogen (secondary N) is 2. The Morgan fingerprint density at radius 2 is 1.91 bits per heavy atom. The maximum atomic E-state index is 12.2. The third-order valence-electron chi connectivity index (χ3n) is 6.53. The van der Waals surface area contributed by atoms with Crippen molar-refractivity contribution in [1.82, 2.24) is 25.2 Å². The molecule has 3 aromatic heterocycles. The molecule has 34 heavy (non-hydrogen) atoms. The summed E-state index contributed by atoms with van der Waals surface area (Å²) in [5.41, 5.74) is 4.07. The molecule has 8 nitrogen and oxygen atoms in total. The van der Waals surface area contributed by atoms with E-state index < -0.39 is 0 Å². The molecule has 1 fully saturated rings. The van der Waals surface area contributed by atoms with E-state index in [9.17, 15) is 9.59 Å². The fraction of sp³-hybridized carbons (Fsp3) is 0.308. The summed E-state index contributed by atoms with van der Waals surface area (Å²) < 4.78 is 0. The lowest BCUT2D eigenvalue weighted by Crippen LogP contribution is -2.46. The van der Waals surface area contributed by atoms with Crippen molar-refractivity contribution < 1.29 is 4.79 Å². The predicted molar refractivity (Wildman–Crippen MR) is 134 cm³/mol. The maximum absolute atomic E-state index is 12.2. The number of pyridine rings is 3. The highest BCUT2D eigenvalue weighted by molar-refractivity contribution is 6.07. The minimum Gasteiger partial charge on any atom is -0.355 e. The molecule has 5 rings (SSSR count). The molecule has 1 aliphatic rings. The zero-order chi connectivity index (χ0) is 23.7. The third kappa shape index (κ3) is 4.24. The van der Waals surface area contributed by atoms with Crippen LogP contribution in [0.3, 0.4) is 0 Å². The van der Waals surface area contributed by atoms with E-state index in [0.29, 0.717) is 12.0 Å². The number of rotatable bonds is 5. The Hall–Kier alpha value is -3.78. The molecule has 0 saturated carbocycles. The lowest BCUT2D eigenvalue weighted by atomic mass is 10.1. The maximum Gasteiger partial charge on any atom is 0.251 e. The number of fused-ring (bicyclic) bond motifs is 2. The van der Waals surface area contributed by atoms with Crippen LogP contribution in [0, 0.1) is 0 Å². The Morgan fingerprint density at radius 3 is 2.68 bits per heavy atom. The standard InChI is InChI=1S/C26H28N6O2/c1-3-18-12-22-23(30-25(18)33)11-17(14-28-22)16-31-7-9-32(10-8-31)24-13-19-5-4-6-20(26(34)27-2)21(19)15-29-24/h4-6,11-15H,3,7-10,16H2,1-2H3,(H,27,34)(H,30,33). The van der Waals surface area contributed by atoms with Crippen LogP contribution in [0.25, 0.3) is 21.8 Å². The van der Waals surface area contributed by atoms with Crippen molar-refractivity contribution in [3.63, 3.8) is 0 Å². The normalized spacial score (nSPS) is 14.6. The second kappa shape index (κ2) is 9.23. The molecule has 1 aliphatic heterocycles. The Morgan fingerprint density at radius 1 is 1.09 bits per heavy atom. The van der Waals surface area contributed by atoms with Crippen LogP contribution in [-0.2, 0) is 13.0 Å². The first kappa shape index (κ1) is 22.0. The van der Waals surface area contributed by atoms with Gasteiger partial charge in [0.25, 0.3) is 11.5 Å². The van der Waals surface area contributed by atoms with Crippen LogP contribution in [0.5, 0.6) is 0 Å². The van der Waals surface area contributed by atoms with E-state index in [2.05, 4.69) is 36.1 Å². The summed E-state index contributed by atoms with van der Waals surface area (Å²) in [6.45, 7) is 6.30. The van der Waals surface area contributed by atoms with Crippen LogP contribution in [0.4, 0.5) is 5.82 Å². The van der Waals surface area contributed by atoms with Crippen LogP contribution in [0.1, 0.15) is 28.4 Å². The van der Waals surface area contributed by atoms with E-state index in [-0.39, 0.29) is 11.5 Å². The van der Waals surface area contributed by atoms with Crippen molar-refractivity contribution >= 4 is 33.5 Å². The van der Waals surface area contributed by atoms with Gasteiger partial charge in [0.1, 0.15) is 5.82 Å². The number of aromatic nitrogens is 3. The topological polar surface area (TPSA) is 94.2 Å². The average molecular weight is 457 g/mol. The molecule has 4 aromatic rings. The monoisotopic (exact) mass is 456 g/mol. The lowest BCUT2D eigenvalue weighted by Gasteiger charge is -2.35. The Bertz CT molecular complexity index is 1420. The highest BCUT2D eigenvalue weighted by Gasteiger charge is 2.19. The van der Waals surface area contributed by atoms with Gasteiger partial charge in [0.2, 0.25) is 0 Å². The minimum absolute atomic E-state index is 0.0344. The number of amides is 1. The number of hydrogen-bond donors (Lipinski definition) is 2. The number of aromatic amines is 1. The zero-order valence-corrected chi connectivity index (χ0v) is 19.5. The predicted octanol–water partition coefficient (Wildman–Crippen LogP) is 2.72. The molecule has 1 saturated heterocycles. The Kier molecular flexibility index (Phi) is 5.98. The van der Waals surface area contributed by atoms with Crippen LogP contribution >= 0.6 is 0 Å². The highest BCUT2D eigenvalue weighted by Crippen LogP contribution is 2.24. The van der Waals surface area contributed by atoms with E-state index in [0.717, 1.165) is 71.5 Å². The molecule has 0 aliphatic carbocycles. The van der Waals surface area contributed by atoms with Gasteiger partial charge in [0.15, 0.2) is 0 Å². The Balaban J connectivity index is 1.27. The smallest absolute Gasteiger partial charge is 0.251 e. The third-order valence-corrected chi connectivity index (χ3v) is 6.53. The number of aryl methyl sites for hydroxylation is 1. The summed E-state index contributed by atoms with van der Waals surface area (Å²) in [7, 11) is 1.64. The van der Waals surface area contributed by atoms with Gasteiger partial charge < -0.3 is 15.2 Å². The van der Waals surface area contributed by atoms with E-state index in [1.54, 1.807) is 13.2 Å². The van der Waals surface area contributed by atoms with E-state index in [1.807, 2.05) is 43.5 Å². The molecule has 8 heteroatoms. The van der Waals surface area contributed by atoms with Gasteiger partial charge in [-0.2, -0.15) is 0 Å². The van der Waals surface area contributed by atoms with Crippen LogP contribution < -0.4 is 15.8 Å². The quantitative estimate of drug-likeness (QED) is 0.480. The van der Waals surface area contributed by atoms with Crippen molar-refractivity contribution in [3.05, 3.63) is 75.8 Å². The van der Waals surface area contributed by atoms with Gasteiger partial charge in [0.05, 0.1) is 11.0 Å². The van der Waals surface area contributed by atoms with Gasteiger partial charge >= 0.3 is 0 Å². The Labute approximate surface area is 197 Å². The van der Waals surface area contributed by atoms with Crippen molar-refractivity contribution in [1.29, 1.82) is 0 Å². The number of nitrogens with zero attached hydrogens (tertiary/aromatic N) is 4. The number of carbonyl (C=O) groups is 1. The number of benzene rings is 1. The van der Waals surface area contributed by atoms with Crippen LogP contribution in [0.15, 0.2) is 53.6 Å². The lowest BCUT2D eigenvalue weighted by molar-refractivity contribution is 0.0964. The molecule has 0 bridgehead atoms. The molecule has 0 atom stereocenters. The number of hydrogen-bond acceptors (Lipinski definition) is 6. The fourth-order valence-electron chi connectivity index (χ4n) is 4.57. The molecule has 4 heterocycles. The average Bonchev–Trinajstić information content (AvgIpc) is 2.87. The molecule has 174 valence electrons. The van der Waals surface area contributed by atoms with Gasteiger partial charge in [-0.05, 0) is 41.6 Å². The second-order valence-corrected chi connectivity index (χ2v) is 8.67. The van der Waals surface area contributed by atoms with E-state index in [1.165, 1.54) is 0 Å². The van der Waals surface area contributed by atoms with Gasteiger partial charge in [-0.15, -0.1) is 0 Å². The fourth-order valence-corrected chi connectivity index (χ4v) is 4.57. The van der Waals surface area contributed by atoms with Gasteiger partial charge in [-0.1, -0.05) is 19.1 Å². The first-order valence-corrected chi connectivity index (χ1v) is 11.6. The molecular weight excluding hydrogens is 428 g/mol. The summed E-state index contributed by atoms with van der Waals surface area (Å²) in [5.74, 6) is 0.824. The summed E-state index contributed by atoms with van der Waals surface area (Å²) in [4.78, 5) is 41.2. The molecule has 0 radical (unpaired) electrons. The minimum atomic E-state index is -0.105. The number of H-pyrrole nitrogens is 1. The first-order valence-electron chi connectivity index (χ1n) is 11.6. The number of carbonyl (C=O) groups excluding carboxylic acids is 1. The molecule has 0 spiro atoms. The van der Waals surface area contributed by atoms with E-state index >= 15 is 0 Å². The summed E-state index contributed by atoms with van der Waals surface area (Å²) in [5, 5.41) is 4.56. The van der Waals surface area contributed by atoms with Crippen molar-refractivity contribution in [2.45, 2.75) is 19.9 Å². The zero-order valence-electron chi connectivity index (χ0n) is 19.5. The molecule has 1 amide bonds. The first-order chi connectivity index (χ1) is 16.6. The largest absolute Gasteiger partial charge is 0.355 e. The van der Waals surface area contributed by atoms with Gasteiger partial charge in [-0.3, -0.25) is 19.5 Å². The number of piperazine rings is 1. The highest BCUT2D eigenvalue weighted by atomic mass is 16.1. The van der Waals surface area contributed by atoms with Gasteiger partial charge in [0, 0.05) is 68.7 Å². The second-order valence-electron chi connectivity index (χ2n) is 8.67. The molecule has 0 unspecified atom stereocenters. The SMILES string of the molecule is CCc1cc2ncc(CN3CCN(c4cc5cccc(C(=O)NC)c5cn4)CC3)cc2[nH]c1=O. The molecule has 2 N–H and O–H groups in total. The summed E-state index contributed by atoms with van der Waals surface area (Å²) in [6, 6.07) is 11.7. The van der Waals surface area contributed by atoms with Crippen molar-refractivity contribution in [2.75, 3.05) is 38.1 Å². The summed E-state index contributed by atoms with van der Waals surface area (Å²) >= 11 is 0. The van der Waals surface area contributed by atoms with Crippen LogP contribution in [0.2, 0.25) is 0 Å². The summed E-state index contributed by atoms with van der Waals surface area (Å²) in [6.07, 6.45) is 4.40. The van der Waals surface area contributed by atoms with E-state index in [4.69, 9.17) is 0 Å². The van der Waals surface area contributed by atoms with Crippen LogP contribution in [-0.4, -0.2) is 59.0 Å². The number of anilines is 1. The molecular formula is C26H28N6O2. The molecule has 1 aromatic carbocycles.